The molecule has 154 valence electrons. The van der Waals surface area contributed by atoms with E-state index in [-0.39, 0.29) is 12.3 Å². The molecule has 0 heterocycles. The molecule has 0 aliphatic rings. The van der Waals surface area contributed by atoms with Gasteiger partial charge in [0.1, 0.15) is 12.4 Å². The molecule has 0 saturated carbocycles. The third-order valence-electron chi connectivity index (χ3n) is 4.59. The van der Waals surface area contributed by atoms with Gasteiger partial charge in [0.2, 0.25) is 5.91 Å². The van der Waals surface area contributed by atoms with E-state index in [2.05, 4.69) is 49.3 Å². The van der Waals surface area contributed by atoms with Crippen molar-refractivity contribution in [3.63, 3.8) is 0 Å². The first-order chi connectivity index (χ1) is 14.4. The summed E-state index contributed by atoms with van der Waals surface area (Å²) in [5.74, 6) is 0.560. The van der Waals surface area contributed by atoms with Gasteiger partial charge in [-0.15, -0.1) is 0 Å². The highest BCUT2D eigenvalue weighted by atomic mass is 79.9. The Kier molecular flexibility index (Phi) is 7.82. The predicted molar refractivity (Wildman–Crippen MR) is 128 cm³/mol. The smallest absolute Gasteiger partial charge is 0.244 e. The third kappa shape index (κ3) is 6.28. The van der Waals surface area contributed by atoms with E-state index in [1.807, 2.05) is 67.6 Å². The highest BCUT2D eigenvalue weighted by Crippen LogP contribution is 2.35. The molecule has 0 saturated heterocycles. The van der Waals surface area contributed by atoms with Crippen LogP contribution in [0.5, 0.6) is 5.75 Å². The fraction of sp³-hybridized carbons (Fsp3) is 0.167. The number of benzene rings is 3. The summed E-state index contributed by atoms with van der Waals surface area (Å²) in [6, 6.07) is 19.8. The van der Waals surface area contributed by atoms with Gasteiger partial charge in [-0.2, -0.15) is 5.10 Å². The molecule has 6 heteroatoms. The number of hydrogen-bond acceptors (Lipinski definition) is 3. The maximum absolute atomic E-state index is 12.1. The van der Waals surface area contributed by atoms with Crippen LogP contribution in [0.25, 0.3) is 0 Å². The minimum absolute atomic E-state index is 0.157. The number of carbonyl (C=O) groups excluding carboxylic acids is 1. The predicted octanol–water partition coefficient (Wildman–Crippen LogP) is 6.10. The van der Waals surface area contributed by atoms with Gasteiger partial charge >= 0.3 is 0 Å². The van der Waals surface area contributed by atoms with Crippen LogP contribution in [0.3, 0.4) is 0 Å². The number of ether oxygens (including phenoxy) is 1. The Morgan fingerprint density at radius 3 is 2.33 bits per heavy atom. The van der Waals surface area contributed by atoms with Crippen LogP contribution < -0.4 is 10.2 Å². The van der Waals surface area contributed by atoms with Crippen molar-refractivity contribution in [2.45, 2.75) is 26.9 Å². The van der Waals surface area contributed by atoms with E-state index in [1.165, 1.54) is 11.1 Å². The van der Waals surface area contributed by atoms with Gasteiger partial charge in [-0.1, -0.05) is 48.5 Å². The highest BCUT2D eigenvalue weighted by molar-refractivity contribution is 9.11. The SMILES string of the molecule is Cc1ccc(CC(=O)NN=Cc2cc(Br)c(OCc3ccccc3)c(Br)c2)cc1C. The molecule has 0 fully saturated rings. The number of carbonyl (C=O) groups is 1. The standard InChI is InChI=1S/C24H22Br2N2O2/c1-16-8-9-19(10-17(16)2)13-23(29)28-27-14-20-11-21(25)24(22(26)12-20)30-15-18-6-4-3-5-7-18/h3-12,14H,13,15H2,1-2H3,(H,28,29). The fourth-order valence-corrected chi connectivity index (χ4v) is 4.29. The topological polar surface area (TPSA) is 50.7 Å². The summed E-state index contributed by atoms with van der Waals surface area (Å²) in [5, 5.41) is 4.08. The van der Waals surface area contributed by atoms with Crippen molar-refractivity contribution in [2.75, 3.05) is 0 Å². The molecular formula is C24H22Br2N2O2. The molecule has 1 N–H and O–H groups in total. The molecule has 3 aromatic carbocycles. The molecule has 0 aliphatic carbocycles. The van der Waals surface area contributed by atoms with E-state index in [0.29, 0.717) is 6.61 Å². The first kappa shape index (κ1) is 22.2. The zero-order valence-corrected chi connectivity index (χ0v) is 20.0. The Morgan fingerprint density at radius 2 is 1.67 bits per heavy atom. The number of aryl methyl sites for hydroxylation is 2. The number of halogens is 2. The maximum Gasteiger partial charge on any atom is 0.244 e. The van der Waals surface area contributed by atoms with Gasteiger partial charge in [0, 0.05) is 0 Å². The van der Waals surface area contributed by atoms with Crippen LogP contribution in [0.1, 0.15) is 27.8 Å². The van der Waals surface area contributed by atoms with Crippen LogP contribution in [0.4, 0.5) is 0 Å². The zero-order chi connectivity index (χ0) is 21.5. The van der Waals surface area contributed by atoms with Crippen molar-refractivity contribution in [1.82, 2.24) is 5.43 Å². The van der Waals surface area contributed by atoms with E-state index in [4.69, 9.17) is 4.74 Å². The van der Waals surface area contributed by atoms with E-state index in [1.54, 1.807) is 6.21 Å². The van der Waals surface area contributed by atoms with Crippen molar-refractivity contribution in [1.29, 1.82) is 0 Å². The fourth-order valence-electron chi connectivity index (χ4n) is 2.84. The Hall–Kier alpha value is -2.44. The summed E-state index contributed by atoms with van der Waals surface area (Å²) < 4.78 is 7.53. The maximum atomic E-state index is 12.1. The Labute approximate surface area is 193 Å². The summed E-state index contributed by atoms with van der Waals surface area (Å²) in [6.07, 6.45) is 1.90. The van der Waals surface area contributed by atoms with Gasteiger partial charge in [-0.3, -0.25) is 4.79 Å². The van der Waals surface area contributed by atoms with Gasteiger partial charge < -0.3 is 4.74 Å². The highest BCUT2D eigenvalue weighted by Gasteiger charge is 2.09. The van der Waals surface area contributed by atoms with Gasteiger partial charge in [-0.25, -0.2) is 5.43 Å². The Balaban J connectivity index is 1.58. The minimum Gasteiger partial charge on any atom is -0.487 e. The quantitative estimate of drug-likeness (QED) is 0.297. The lowest BCUT2D eigenvalue weighted by Gasteiger charge is -2.11. The van der Waals surface area contributed by atoms with Crippen molar-refractivity contribution >= 4 is 44.0 Å². The van der Waals surface area contributed by atoms with Crippen molar-refractivity contribution < 1.29 is 9.53 Å². The number of hydrogen-bond donors (Lipinski definition) is 1. The molecule has 30 heavy (non-hydrogen) atoms. The van der Waals surface area contributed by atoms with Crippen LogP contribution in [0.15, 0.2) is 74.7 Å². The number of nitrogens with zero attached hydrogens (tertiary/aromatic N) is 1. The average Bonchev–Trinajstić information content (AvgIpc) is 2.71. The zero-order valence-electron chi connectivity index (χ0n) is 16.8. The van der Waals surface area contributed by atoms with Crippen LogP contribution >= 0.6 is 31.9 Å². The lowest BCUT2D eigenvalue weighted by atomic mass is 10.0. The number of amides is 1. The van der Waals surface area contributed by atoms with E-state index in [0.717, 1.165) is 31.4 Å². The molecule has 0 spiro atoms. The molecular weight excluding hydrogens is 508 g/mol. The molecule has 0 aromatic heterocycles. The summed E-state index contributed by atoms with van der Waals surface area (Å²) in [4.78, 5) is 12.1. The van der Waals surface area contributed by atoms with Crippen LogP contribution in [0.2, 0.25) is 0 Å². The molecule has 0 bridgehead atoms. The minimum atomic E-state index is -0.157. The van der Waals surface area contributed by atoms with Gasteiger partial charge in [0.05, 0.1) is 21.6 Å². The van der Waals surface area contributed by atoms with E-state index < -0.39 is 0 Å². The second-order valence-electron chi connectivity index (χ2n) is 6.98. The third-order valence-corrected chi connectivity index (χ3v) is 5.76. The van der Waals surface area contributed by atoms with Crippen molar-refractivity contribution in [2.24, 2.45) is 5.10 Å². The Morgan fingerprint density at radius 1 is 0.967 bits per heavy atom. The largest absolute Gasteiger partial charge is 0.487 e. The number of rotatable bonds is 7. The number of hydrazone groups is 1. The molecule has 3 aromatic rings. The lowest BCUT2D eigenvalue weighted by Crippen LogP contribution is -2.19. The van der Waals surface area contributed by atoms with E-state index >= 15 is 0 Å². The Bertz CT molecular complexity index is 1040. The summed E-state index contributed by atoms with van der Waals surface area (Å²) in [5.41, 5.74) is 7.86. The number of nitrogens with one attached hydrogen (secondary N) is 1. The second-order valence-corrected chi connectivity index (χ2v) is 8.69. The van der Waals surface area contributed by atoms with Crippen LogP contribution in [-0.4, -0.2) is 12.1 Å². The van der Waals surface area contributed by atoms with Crippen LogP contribution in [0, 0.1) is 13.8 Å². The van der Waals surface area contributed by atoms with Crippen LogP contribution in [-0.2, 0) is 17.8 Å². The molecule has 1 amide bonds. The van der Waals surface area contributed by atoms with E-state index in [9.17, 15) is 4.79 Å². The first-order valence-electron chi connectivity index (χ1n) is 9.46. The molecule has 3 rings (SSSR count). The van der Waals surface area contributed by atoms with Gasteiger partial charge in [0.25, 0.3) is 0 Å². The first-order valence-corrected chi connectivity index (χ1v) is 11.0. The van der Waals surface area contributed by atoms with Crippen molar-refractivity contribution in [3.05, 3.63) is 97.4 Å². The molecule has 4 nitrogen and oxygen atoms in total. The average molecular weight is 530 g/mol. The lowest BCUT2D eigenvalue weighted by molar-refractivity contribution is -0.120. The molecule has 0 aliphatic heterocycles. The van der Waals surface area contributed by atoms with Crippen molar-refractivity contribution in [3.8, 4) is 5.75 Å². The molecule has 0 atom stereocenters. The summed E-state index contributed by atoms with van der Waals surface area (Å²) in [7, 11) is 0. The molecule has 0 radical (unpaired) electrons. The van der Waals surface area contributed by atoms with Gasteiger partial charge in [-0.05, 0) is 85.7 Å². The normalized spacial score (nSPS) is 10.9. The summed E-state index contributed by atoms with van der Waals surface area (Å²) in [6.45, 7) is 4.57. The van der Waals surface area contributed by atoms with Gasteiger partial charge in [0.15, 0.2) is 0 Å². The monoisotopic (exact) mass is 528 g/mol. The summed E-state index contributed by atoms with van der Waals surface area (Å²) >= 11 is 7.09. The second kappa shape index (κ2) is 10.5. The molecule has 0 unspecified atom stereocenters.